The Morgan fingerprint density at radius 3 is 2.37 bits per heavy atom. The van der Waals surface area contributed by atoms with E-state index >= 15 is 0 Å². The third kappa shape index (κ3) is 6.14. The molecule has 1 aromatic carbocycles. The topological polar surface area (TPSA) is 53.2 Å². The fourth-order valence-electron chi connectivity index (χ4n) is 1.12. The van der Waals surface area contributed by atoms with Crippen LogP contribution in [-0.2, 0) is 4.79 Å². The van der Waals surface area contributed by atoms with E-state index in [1.165, 1.54) is 0 Å². The molecule has 0 aliphatic carbocycles. The first-order chi connectivity index (χ1) is 8.82. The van der Waals surface area contributed by atoms with E-state index in [0.29, 0.717) is 6.41 Å². The maximum Gasteiger partial charge on any atom is 0.228 e. The highest BCUT2D eigenvalue weighted by Gasteiger charge is 2.32. The maximum absolute atomic E-state index is 10.4. The third-order valence-electron chi connectivity index (χ3n) is 1.94. The minimum absolute atomic E-state index is 0.216. The Morgan fingerprint density at radius 1 is 1.32 bits per heavy atom. The summed E-state index contributed by atoms with van der Waals surface area (Å²) in [5.74, 6) is 0. The van der Waals surface area contributed by atoms with Gasteiger partial charge in [-0.05, 0) is 36.5 Å². The van der Waals surface area contributed by atoms with Gasteiger partial charge in [-0.3, -0.25) is 4.79 Å². The van der Waals surface area contributed by atoms with Gasteiger partial charge in [-0.1, -0.05) is 50.7 Å². The summed E-state index contributed by atoms with van der Waals surface area (Å²) in [5, 5.41) is 8.13. The summed E-state index contributed by atoms with van der Waals surface area (Å²) < 4.78 is -0.787. The van der Waals surface area contributed by atoms with Crippen molar-refractivity contribution < 1.29 is 4.79 Å². The van der Waals surface area contributed by atoms with Crippen molar-refractivity contribution in [2.45, 2.75) is 9.96 Å². The molecule has 0 radical (unpaired) electrons. The van der Waals surface area contributed by atoms with Crippen molar-refractivity contribution in [1.29, 1.82) is 0 Å². The number of carbonyl (C=O) groups is 1. The lowest BCUT2D eigenvalue weighted by atomic mass is 10.3. The molecule has 0 fully saturated rings. The van der Waals surface area contributed by atoms with Crippen LogP contribution < -0.4 is 16.0 Å². The van der Waals surface area contributed by atoms with E-state index in [0.717, 1.165) is 10.2 Å². The fourth-order valence-corrected chi connectivity index (χ4v) is 1.97. The number of rotatable bonds is 4. The van der Waals surface area contributed by atoms with E-state index in [9.17, 15) is 4.79 Å². The smallest absolute Gasteiger partial charge is 0.228 e. The molecular formula is C10H9BrCl3N3OS. The summed E-state index contributed by atoms with van der Waals surface area (Å²) in [6, 6.07) is 7.33. The van der Waals surface area contributed by atoms with Crippen molar-refractivity contribution in [3.8, 4) is 0 Å². The minimum Gasteiger partial charge on any atom is -0.339 e. The number of halogens is 4. The summed E-state index contributed by atoms with van der Waals surface area (Å²) in [6.07, 6.45) is -0.521. The Kier molecular flexibility index (Phi) is 6.62. The van der Waals surface area contributed by atoms with Gasteiger partial charge in [0.05, 0.1) is 0 Å². The van der Waals surface area contributed by atoms with E-state index < -0.39 is 9.96 Å². The predicted octanol–water partition coefficient (Wildman–Crippen LogP) is 3.18. The zero-order valence-corrected chi connectivity index (χ0v) is 14.0. The molecule has 0 spiro atoms. The molecule has 4 nitrogen and oxygen atoms in total. The van der Waals surface area contributed by atoms with Gasteiger partial charge in [0.1, 0.15) is 6.17 Å². The molecule has 3 N–H and O–H groups in total. The normalized spacial score (nSPS) is 12.4. The van der Waals surface area contributed by atoms with Crippen molar-refractivity contribution in [2.75, 3.05) is 5.32 Å². The number of hydrogen-bond acceptors (Lipinski definition) is 2. The second-order valence-electron chi connectivity index (χ2n) is 3.36. The number of thiocarbonyl (C=S) groups is 1. The lowest BCUT2D eigenvalue weighted by molar-refractivity contribution is -0.110. The van der Waals surface area contributed by atoms with Gasteiger partial charge in [0.25, 0.3) is 0 Å². The lowest BCUT2D eigenvalue weighted by Crippen LogP contribution is -2.53. The van der Waals surface area contributed by atoms with E-state index in [4.69, 9.17) is 47.0 Å². The second-order valence-corrected chi connectivity index (χ2v) is 7.06. The van der Waals surface area contributed by atoms with Gasteiger partial charge in [0, 0.05) is 10.2 Å². The first kappa shape index (κ1) is 16.8. The van der Waals surface area contributed by atoms with Crippen molar-refractivity contribution in [3.05, 3.63) is 28.7 Å². The van der Waals surface area contributed by atoms with Gasteiger partial charge in [-0.2, -0.15) is 0 Å². The summed E-state index contributed by atoms with van der Waals surface area (Å²) in [7, 11) is 0. The maximum atomic E-state index is 10.4. The quantitative estimate of drug-likeness (QED) is 0.312. The van der Waals surface area contributed by atoms with Crippen molar-refractivity contribution >= 4 is 80.2 Å². The zero-order valence-electron chi connectivity index (χ0n) is 9.29. The van der Waals surface area contributed by atoms with Gasteiger partial charge < -0.3 is 16.0 Å². The number of amides is 1. The van der Waals surface area contributed by atoms with Crippen molar-refractivity contribution in [1.82, 2.24) is 10.6 Å². The van der Waals surface area contributed by atoms with Crippen LogP contribution in [0.4, 0.5) is 5.69 Å². The third-order valence-corrected chi connectivity index (χ3v) is 3.34. The number of anilines is 1. The molecule has 1 atom stereocenters. The van der Waals surface area contributed by atoms with Gasteiger partial charge in [-0.25, -0.2) is 0 Å². The van der Waals surface area contributed by atoms with Gasteiger partial charge >= 0.3 is 0 Å². The number of benzene rings is 1. The molecule has 0 unspecified atom stereocenters. The molecule has 0 saturated carbocycles. The van der Waals surface area contributed by atoms with Gasteiger partial charge in [0.2, 0.25) is 10.2 Å². The largest absolute Gasteiger partial charge is 0.339 e. The van der Waals surface area contributed by atoms with Crippen molar-refractivity contribution in [2.24, 2.45) is 0 Å². The van der Waals surface area contributed by atoms with E-state index in [-0.39, 0.29) is 5.11 Å². The summed E-state index contributed by atoms with van der Waals surface area (Å²) >= 11 is 25.5. The Balaban J connectivity index is 2.62. The summed E-state index contributed by atoms with van der Waals surface area (Å²) in [5.41, 5.74) is 0.759. The molecule has 0 aliphatic heterocycles. The second kappa shape index (κ2) is 7.50. The van der Waals surface area contributed by atoms with Crippen LogP contribution in [-0.4, -0.2) is 21.5 Å². The zero-order chi connectivity index (χ0) is 14.5. The highest BCUT2D eigenvalue weighted by molar-refractivity contribution is 9.10. The van der Waals surface area contributed by atoms with Crippen LogP contribution in [0.5, 0.6) is 0 Å². The average molecular weight is 406 g/mol. The number of alkyl halides is 3. The van der Waals surface area contributed by atoms with Crippen LogP contribution >= 0.6 is 63.0 Å². The molecule has 104 valence electrons. The molecule has 0 bridgehead atoms. The van der Waals surface area contributed by atoms with Crippen LogP contribution in [0.15, 0.2) is 28.7 Å². The molecule has 0 saturated heterocycles. The Morgan fingerprint density at radius 2 is 1.89 bits per heavy atom. The molecule has 1 aromatic rings. The Bertz CT molecular complexity index is 452. The minimum atomic E-state index is -1.73. The molecule has 0 aliphatic rings. The van der Waals surface area contributed by atoms with Crippen LogP contribution in [0, 0.1) is 0 Å². The summed E-state index contributed by atoms with van der Waals surface area (Å²) in [6.45, 7) is 0. The Hall–Kier alpha value is -0.270. The SMILES string of the molecule is O=CN[C@H](NC(=S)Nc1ccc(Br)cc1)C(Cl)(Cl)Cl. The molecule has 1 amide bonds. The molecule has 19 heavy (non-hydrogen) atoms. The monoisotopic (exact) mass is 403 g/mol. The average Bonchev–Trinajstić information content (AvgIpc) is 2.30. The highest BCUT2D eigenvalue weighted by Crippen LogP contribution is 2.28. The molecular weight excluding hydrogens is 396 g/mol. The van der Waals surface area contributed by atoms with Crippen molar-refractivity contribution in [3.63, 3.8) is 0 Å². The Labute approximate surface area is 139 Å². The van der Waals surface area contributed by atoms with Gasteiger partial charge in [0.15, 0.2) is 5.11 Å². The first-order valence-electron chi connectivity index (χ1n) is 4.92. The van der Waals surface area contributed by atoms with Crippen LogP contribution in [0.2, 0.25) is 0 Å². The highest BCUT2D eigenvalue weighted by atomic mass is 79.9. The standard InChI is InChI=1S/C10H9BrCl3N3OS/c11-6-1-3-7(4-2-6)16-9(19)17-8(15-5-18)10(12,13)14/h1-5,8H,(H,15,18)(H2,16,17,19)/t8-/m1/s1. The lowest BCUT2D eigenvalue weighted by Gasteiger charge is -2.26. The van der Waals surface area contributed by atoms with E-state index in [1.54, 1.807) is 0 Å². The van der Waals surface area contributed by atoms with E-state index in [1.807, 2.05) is 24.3 Å². The summed E-state index contributed by atoms with van der Waals surface area (Å²) in [4.78, 5) is 10.4. The molecule has 9 heteroatoms. The van der Waals surface area contributed by atoms with Crippen LogP contribution in [0.3, 0.4) is 0 Å². The number of nitrogens with one attached hydrogen (secondary N) is 3. The van der Waals surface area contributed by atoms with Crippen LogP contribution in [0.1, 0.15) is 0 Å². The first-order valence-corrected chi connectivity index (χ1v) is 7.26. The molecule has 0 aromatic heterocycles. The van der Waals surface area contributed by atoms with Gasteiger partial charge in [-0.15, -0.1) is 0 Å². The van der Waals surface area contributed by atoms with Crippen LogP contribution in [0.25, 0.3) is 0 Å². The molecule has 1 rings (SSSR count). The molecule has 0 heterocycles. The predicted molar refractivity (Wildman–Crippen MR) is 86.8 cm³/mol. The number of carbonyl (C=O) groups excluding carboxylic acids is 1. The fraction of sp³-hybridized carbons (Fsp3) is 0.200. The van der Waals surface area contributed by atoms with E-state index in [2.05, 4.69) is 31.9 Å². The number of hydrogen-bond donors (Lipinski definition) is 3.